The van der Waals surface area contributed by atoms with Crippen LogP contribution in [0.2, 0.25) is 0 Å². The van der Waals surface area contributed by atoms with Crippen LogP contribution in [0.25, 0.3) is 0 Å². The highest BCUT2D eigenvalue weighted by molar-refractivity contribution is 5.39. The Morgan fingerprint density at radius 3 is 1.79 bits per heavy atom. The van der Waals surface area contributed by atoms with Crippen LogP contribution in [-0.2, 0) is 13.1 Å². The second kappa shape index (κ2) is 3.39. The van der Waals surface area contributed by atoms with Gasteiger partial charge in [0, 0.05) is 19.1 Å². The van der Waals surface area contributed by atoms with E-state index in [0.29, 0.717) is 6.04 Å². The lowest BCUT2D eigenvalue weighted by Gasteiger charge is -2.18. The van der Waals surface area contributed by atoms with Gasteiger partial charge in [0.15, 0.2) is 0 Å². The summed E-state index contributed by atoms with van der Waals surface area (Å²) in [5.74, 6) is 0. The molecule has 0 atom stereocenters. The highest BCUT2D eigenvalue weighted by Gasteiger charge is 2.21. The summed E-state index contributed by atoms with van der Waals surface area (Å²) in [6.45, 7) is 11.2. The molecule has 0 saturated carbocycles. The predicted molar refractivity (Wildman–Crippen MR) is 60.3 cm³/mol. The highest BCUT2D eigenvalue weighted by atomic mass is 15.2. The quantitative estimate of drug-likeness (QED) is 0.656. The van der Waals surface area contributed by atoms with Crippen LogP contribution in [0.1, 0.15) is 36.1 Å². The van der Waals surface area contributed by atoms with Gasteiger partial charge in [-0.15, -0.1) is 0 Å². The summed E-state index contributed by atoms with van der Waals surface area (Å²) in [5, 5.41) is 0. The smallest absolute Gasteiger partial charge is 0.0243 e. The Bertz CT molecular complexity index is 321. The van der Waals surface area contributed by atoms with E-state index in [2.05, 4.69) is 44.7 Å². The summed E-state index contributed by atoms with van der Waals surface area (Å²) in [5.41, 5.74) is 5.91. The molecule has 14 heavy (non-hydrogen) atoms. The first-order chi connectivity index (χ1) is 6.58. The molecule has 1 aliphatic rings. The SMILES string of the molecule is Cc1cc2c(cc1C)CN(C(C)C)C2. The van der Waals surface area contributed by atoms with Crippen molar-refractivity contribution in [3.05, 3.63) is 34.4 Å². The zero-order valence-corrected chi connectivity index (χ0v) is 9.59. The molecular formula is C13H19N. The van der Waals surface area contributed by atoms with Crippen molar-refractivity contribution in [3.63, 3.8) is 0 Å². The lowest BCUT2D eigenvalue weighted by Crippen LogP contribution is -2.24. The monoisotopic (exact) mass is 189 g/mol. The van der Waals surface area contributed by atoms with E-state index in [-0.39, 0.29) is 0 Å². The molecule has 76 valence electrons. The number of nitrogens with zero attached hydrogens (tertiary/aromatic N) is 1. The van der Waals surface area contributed by atoms with E-state index in [1.54, 1.807) is 0 Å². The van der Waals surface area contributed by atoms with Crippen molar-refractivity contribution < 1.29 is 0 Å². The van der Waals surface area contributed by atoms with Gasteiger partial charge in [0.25, 0.3) is 0 Å². The molecular weight excluding hydrogens is 170 g/mol. The van der Waals surface area contributed by atoms with Crippen LogP contribution in [0, 0.1) is 13.8 Å². The van der Waals surface area contributed by atoms with Crippen molar-refractivity contribution in [2.45, 2.75) is 46.8 Å². The summed E-state index contributed by atoms with van der Waals surface area (Å²) in [4.78, 5) is 2.52. The summed E-state index contributed by atoms with van der Waals surface area (Å²) in [7, 11) is 0. The number of hydrogen-bond donors (Lipinski definition) is 0. The Morgan fingerprint density at radius 1 is 1.00 bits per heavy atom. The van der Waals surface area contributed by atoms with Crippen LogP contribution in [0.15, 0.2) is 12.1 Å². The lowest BCUT2D eigenvalue weighted by molar-refractivity contribution is 0.227. The zero-order chi connectivity index (χ0) is 10.3. The zero-order valence-electron chi connectivity index (χ0n) is 9.59. The van der Waals surface area contributed by atoms with Crippen molar-refractivity contribution in [2.24, 2.45) is 0 Å². The van der Waals surface area contributed by atoms with E-state index >= 15 is 0 Å². The van der Waals surface area contributed by atoms with Gasteiger partial charge in [0.05, 0.1) is 0 Å². The van der Waals surface area contributed by atoms with E-state index in [1.165, 1.54) is 22.3 Å². The Labute approximate surface area is 86.7 Å². The van der Waals surface area contributed by atoms with Crippen molar-refractivity contribution in [1.29, 1.82) is 0 Å². The van der Waals surface area contributed by atoms with Crippen molar-refractivity contribution >= 4 is 0 Å². The standard InChI is InChI=1S/C13H19N/c1-9(2)14-7-12-5-10(3)11(4)6-13(12)8-14/h5-6,9H,7-8H2,1-4H3. The van der Waals surface area contributed by atoms with E-state index in [9.17, 15) is 0 Å². The minimum absolute atomic E-state index is 0.656. The molecule has 1 aromatic carbocycles. The molecule has 2 rings (SSSR count). The molecule has 1 aromatic rings. The first kappa shape index (κ1) is 9.72. The van der Waals surface area contributed by atoms with Gasteiger partial charge in [0.1, 0.15) is 0 Å². The molecule has 0 amide bonds. The third-order valence-corrected chi connectivity index (χ3v) is 3.29. The van der Waals surface area contributed by atoms with E-state index < -0.39 is 0 Å². The van der Waals surface area contributed by atoms with Gasteiger partial charge in [-0.25, -0.2) is 0 Å². The molecule has 1 heterocycles. The maximum atomic E-state index is 2.52. The average molecular weight is 189 g/mol. The highest BCUT2D eigenvalue weighted by Crippen LogP contribution is 2.26. The number of fused-ring (bicyclic) bond motifs is 1. The Morgan fingerprint density at radius 2 is 1.43 bits per heavy atom. The van der Waals surface area contributed by atoms with Crippen LogP contribution < -0.4 is 0 Å². The largest absolute Gasteiger partial charge is 0.292 e. The number of aryl methyl sites for hydroxylation is 2. The molecule has 1 aliphatic heterocycles. The van der Waals surface area contributed by atoms with Crippen LogP contribution >= 0.6 is 0 Å². The third-order valence-electron chi connectivity index (χ3n) is 3.29. The van der Waals surface area contributed by atoms with Crippen molar-refractivity contribution in [2.75, 3.05) is 0 Å². The Balaban J connectivity index is 2.31. The van der Waals surface area contributed by atoms with Crippen LogP contribution in [-0.4, -0.2) is 10.9 Å². The lowest BCUT2D eigenvalue weighted by atomic mass is 10.0. The van der Waals surface area contributed by atoms with E-state index in [4.69, 9.17) is 0 Å². The normalized spacial score (nSPS) is 16.4. The van der Waals surface area contributed by atoms with Gasteiger partial charge in [-0.1, -0.05) is 12.1 Å². The third kappa shape index (κ3) is 1.57. The van der Waals surface area contributed by atoms with Crippen molar-refractivity contribution in [1.82, 2.24) is 4.90 Å². The summed E-state index contributed by atoms with van der Waals surface area (Å²) in [6.07, 6.45) is 0. The minimum Gasteiger partial charge on any atom is -0.292 e. The molecule has 0 unspecified atom stereocenters. The predicted octanol–water partition coefficient (Wildman–Crippen LogP) is 3.03. The Hall–Kier alpha value is -0.820. The van der Waals surface area contributed by atoms with Crippen LogP contribution in [0.5, 0.6) is 0 Å². The van der Waals surface area contributed by atoms with Gasteiger partial charge in [-0.3, -0.25) is 4.90 Å². The number of hydrogen-bond acceptors (Lipinski definition) is 1. The molecule has 1 heteroatoms. The number of rotatable bonds is 1. The molecule has 1 nitrogen and oxygen atoms in total. The molecule has 0 bridgehead atoms. The molecule has 0 aliphatic carbocycles. The fraction of sp³-hybridized carbons (Fsp3) is 0.538. The Kier molecular flexibility index (Phi) is 2.36. The molecule has 0 aromatic heterocycles. The van der Waals surface area contributed by atoms with Gasteiger partial charge in [0.2, 0.25) is 0 Å². The van der Waals surface area contributed by atoms with Crippen LogP contribution in [0.4, 0.5) is 0 Å². The fourth-order valence-electron chi connectivity index (χ4n) is 2.09. The van der Waals surface area contributed by atoms with Gasteiger partial charge in [-0.05, 0) is 49.9 Å². The molecule has 0 spiro atoms. The summed E-state index contributed by atoms with van der Waals surface area (Å²) >= 11 is 0. The van der Waals surface area contributed by atoms with Crippen LogP contribution in [0.3, 0.4) is 0 Å². The maximum absolute atomic E-state index is 2.52. The van der Waals surface area contributed by atoms with E-state index in [1.807, 2.05) is 0 Å². The molecule has 0 N–H and O–H groups in total. The fourth-order valence-corrected chi connectivity index (χ4v) is 2.09. The maximum Gasteiger partial charge on any atom is 0.0243 e. The van der Waals surface area contributed by atoms with Gasteiger partial charge >= 0.3 is 0 Å². The molecule has 0 radical (unpaired) electrons. The molecule has 0 fully saturated rings. The second-order valence-corrected chi connectivity index (χ2v) is 4.70. The molecule has 0 saturated heterocycles. The van der Waals surface area contributed by atoms with Gasteiger partial charge in [-0.2, -0.15) is 0 Å². The first-order valence-electron chi connectivity index (χ1n) is 5.41. The topological polar surface area (TPSA) is 3.24 Å². The summed E-state index contributed by atoms with van der Waals surface area (Å²) < 4.78 is 0. The van der Waals surface area contributed by atoms with Crippen molar-refractivity contribution in [3.8, 4) is 0 Å². The summed E-state index contributed by atoms with van der Waals surface area (Å²) in [6, 6.07) is 5.36. The van der Waals surface area contributed by atoms with E-state index in [0.717, 1.165) is 13.1 Å². The van der Waals surface area contributed by atoms with Gasteiger partial charge < -0.3 is 0 Å². The minimum atomic E-state index is 0.656. The number of benzene rings is 1. The first-order valence-corrected chi connectivity index (χ1v) is 5.41. The average Bonchev–Trinajstić information content (AvgIpc) is 2.48. The second-order valence-electron chi connectivity index (χ2n) is 4.70.